The van der Waals surface area contributed by atoms with Crippen molar-refractivity contribution in [2.75, 3.05) is 32.7 Å². The largest absolute Gasteiger partial charge is 0.303 e. The second kappa shape index (κ2) is 9.11. The molecule has 0 N–H and O–H groups in total. The number of nitrogens with zero attached hydrogens (tertiary/aromatic N) is 6. The Balaban J connectivity index is 1.34. The smallest absolute Gasteiger partial charge is 0.243 e. The van der Waals surface area contributed by atoms with Gasteiger partial charge in [0, 0.05) is 19.6 Å². The summed E-state index contributed by atoms with van der Waals surface area (Å²) in [4.78, 5) is 2.91. The molecule has 0 bridgehead atoms. The highest BCUT2D eigenvalue weighted by molar-refractivity contribution is 7.89. The minimum atomic E-state index is -3.48. The first kappa shape index (κ1) is 21.4. The third-order valence-corrected chi connectivity index (χ3v) is 8.38. The van der Waals surface area contributed by atoms with Gasteiger partial charge in [0.1, 0.15) is 6.33 Å². The van der Waals surface area contributed by atoms with Gasteiger partial charge >= 0.3 is 0 Å². The van der Waals surface area contributed by atoms with Crippen molar-refractivity contribution >= 4 is 10.0 Å². The van der Waals surface area contributed by atoms with Gasteiger partial charge in [-0.1, -0.05) is 6.92 Å². The van der Waals surface area contributed by atoms with Crippen LogP contribution in [0.5, 0.6) is 0 Å². The van der Waals surface area contributed by atoms with Gasteiger partial charge in [-0.15, -0.1) is 5.10 Å². The van der Waals surface area contributed by atoms with E-state index in [4.69, 9.17) is 0 Å². The maximum atomic E-state index is 13.2. The number of sulfonamides is 1. The van der Waals surface area contributed by atoms with Gasteiger partial charge in [-0.3, -0.25) is 0 Å². The molecule has 1 aliphatic heterocycles. The number of hydrogen-bond donors (Lipinski definition) is 0. The summed E-state index contributed by atoms with van der Waals surface area (Å²) in [7, 11) is -3.48. The summed E-state index contributed by atoms with van der Waals surface area (Å²) in [6.07, 6.45) is 7.36. The number of tetrazole rings is 1. The van der Waals surface area contributed by atoms with Crippen LogP contribution in [0.1, 0.15) is 44.6 Å². The molecule has 8 nitrogen and oxygen atoms in total. The van der Waals surface area contributed by atoms with Gasteiger partial charge in [0.15, 0.2) is 0 Å². The molecular formula is C21H32N6O2S. The molecule has 0 unspecified atom stereocenters. The first-order chi connectivity index (χ1) is 14.5. The second-order valence-electron chi connectivity index (χ2n) is 8.68. The van der Waals surface area contributed by atoms with E-state index in [-0.39, 0.29) is 0 Å². The standard InChI is InChI=1S/C21H32N6O2S/c1-3-25(15-19-4-5-19)11-8-18-9-12-26(13-10-18)30(28,29)20-6-7-21(17(2)14-20)27-16-22-23-24-27/h6-7,14,16,18-19H,3-5,8-13,15H2,1-2H3. The lowest BCUT2D eigenvalue weighted by atomic mass is 9.94. The molecule has 0 amide bonds. The van der Waals surface area contributed by atoms with E-state index in [0.29, 0.717) is 23.9 Å². The zero-order chi connectivity index (χ0) is 21.1. The number of benzene rings is 1. The average Bonchev–Trinajstić information content (AvgIpc) is 3.41. The van der Waals surface area contributed by atoms with E-state index < -0.39 is 10.0 Å². The Morgan fingerprint density at radius 3 is 2.50 bits per heavy atom. The molecule has 1 aromatic heterocycles. The number of hydrogen-bond acceptors (Lipinski definition) is 6. The Morgan fingerprint density at radius 1 is 1.13 bits per heavy atom. The van der Waals surface area contributed by atoms with E-state index >= 15 is 0 Å². The summed E-state index contributed by atoms with van der Waals surface area (Å²) >= 11 is 0. The molecule has 164 valence electrons. The van der Waals surface area contributed by atoms with Crippen LogP contribution in [0, 0.1) is 18.8 Å². The lowest BCUT2D eigenvalue weighted by Crippen LogP contribution is -2.39. The highest BCUT2D eigenvalue weighted by atomic mass is 32.2. The fraction of sp³-hybridized carbons (Fsp3) is 0.667. The Morgan fingerprint density at radius 2 is 1.90 bits per heavy atom. The van der Waals surface area contributed by atoms with Crippen molar-refractivity contribution in [2.45, 2.75) is 50.8 Å². The van der Waals surface area contributed by atoms with E-state index in [0.717, 1.165) is 43.1 Å². The predicted octanol–water partition coefficient (Wildman–Crippen LogP) is 2.49. The molecular weight excluding hydrogens is 400 g/mol. The Bertz CT molecular complexity index is 934. The topological polar surface area (TPSA) is 84.2 Å². The molecule has 2 aromatic rings. The fourth-order valence-electron chi connectivity index (χ4n) is 4.31. The summed E-state index contributed by atoms with van der Waals surface area (Å²) in [6.45, 7) is 8.83. The quantitative estimate of drug-likeness (QED) is 0.605. The molecule has 9 heteroatoms. The molecule has 2 heterocycles. The molecule has 0 atom stereocenters. The van der Waals surface area contributed by atoms with Gasteiger partial charge in [0.25, 0.3) is 0 Å². The molecule has 1 saturated heterocycles. The summed E-state index contributed by atoms with van der Waals surface area (Å²) in [5.74, 6) is 1.54. The van der Waals surface area contributed by atoms with E-state index in [1.807, 2.05) is 6.92 Å². The number of aromatic nitrogens is 4. The van der Waals surface area contributed by atoms with Crippen molar-refractivity contribution in [2.24, 2.45) is 11.8 Å². The molecule has 1 saturated carbocycles. The van der Waals surface area contributed by atoms with Gasteiger partial charge in [-0.2, -0.15) is 4.31 Å². The Labute approximate surface area is 179 Å². The van der Waals surface area contributed by atoms with E-state index in [1.165, 1.54) is 32.1 Å². The first-order valence-corrected chi connectivity index (χ1v) is 12.5. The molecule has 0 spiro atoms. The minimum absolute atomic E-state index is 0.344. The van der Waals surface area contributed by atoms with Crippen LogP contribution in [0.25, 0.3) is 5.69 Å². The van der Waals surface area contributed by atoms with Gasteiger partial charge in [0.2, 0.25) is 10.0 Å². The van der Waals surface area contributed by atoms with Crippen LogP contribution < -0.4 is 0 Å². The molecule has 30 heavy (non-hydrogen) atoms. The van der Waals surface area contributed by atoms with E-state index in [2.05, 4.69) is 27.3 Å². The lowest BCUT2D eigenvalue weighted by molar-refractivity contribution is 0.213. The molecule has 2 fully saturated rings. The second-order valence-corrected chi connectivity index (χ2v) is 10.6. The highest BCUT2D eigenvalue weighted by Crippen LogP contribution is 2.31. The normalized spacial score (nSPS) is 18.9. The van der Waals surface area contributed by atoms with Crippen LogP contribution in [0.4, 0.5) is 0 Å². The van der Waals surface area contributed by atoms with Crippen LogP contribution in [-0.2, 0) is 10.0 Å². The van der Waals surface area contributed by atoms with Crippen LogP contribution >= 0.6 is 0 Å². The lowest BCUT2D eigenvalue weighted by Gasteiger charge is -2.32. The van der Waals surface area contributed by atoms with Crippen LogP contribution in [0.3, 0.4) is 0 Å². The van der Waals surface area contributed by atoms with Crippen molar-refractivity contribution < 1.29 is 8.42 Å². The average molecular weight is 433 g/mol. The third kappa shape index (κ3) is 4.90. The molecule has 1 aliphatic carbocycles. The third-order valence-electron chi connectivity index (χ3n) is 6.49. The molecule has 2 aliphatic rings. The van der Waals surface area contributed by atoms with Crippen molar-refractivity contribution in [3.63, 3.8) is 0 Å². The summed E-state index contributed by atoms with van der Waals surface area (Å²) in [6, 6.07) is 5.14. The van der Waals surface area contributed by atoms with E-state index in [1.54, 1.807) is 27.2 Å². The van der Waals surface area contributed by atoms with Crippen molar-refractivity contribution in [1.82, 2.24) is 29.4 Å². The number of aryl methyl sites for hydroxylation is 1. The maximum Gasteiger partial charge on any atom is 0.243 e. The number of piperidine rings is 1. The fourth-order valence-corrected chi connectivity index (χ4v) is 5.87. The monoisotopic (exact) mass is 432 g/mol. The Hall–Kier alpha value is -1.84. The molecule has 1 aromatic carbocycles. The SMILES string of the molecule is CCN(CCC1CCN(S(=O)(=O)c2ccc(-n3cnnn3)c(C)c2)CC1)CC1CC1. The van der Waals surface area contributed by atoms with Crippen molar-refractivity contribution in [1.29, 1.82) is 0 Å². The summed E-state index contributed by atoms with van der Waals surface area (Å²) in [5.41, 5.74) is 1.61. The molecule has 4 rings (SSSR count). The molecule has 0 radical (unpaired) electrons. The number of rotatable bonds is 9. The minimum Gasteiger partial charge on any atom is -0.303 e. The first-order valence-electron chi connectivity index (χ1n) is 11.0. The van der Waals surface area contributed by atoms with Gasteiger partial charge in [-0.25, -0.2) is 13.1 Å². The maximum absolute atomic E-state index is 13.2. The van der Waals surface area contributed by atoms with Crippen LogP contribution in [-0.4, -0.2) is 70.6 Å². The van der Waals surface area contributed by atoms with Crippen molar-refractivity contribution in [3.05, 3.63) is 30.1 Å². The van der Waals surface area contributed by atoms with Gasteiger partial charge < -0.3 is 4.90 Å². The Kier molecular flexibility index (Phi) is 6.50. The predicted molar refractivity (Wildman–Crippen MR) is 115 cm³/mol. The van der Waals surface area contributed by atoms with Crippen LogP contribution in [0.15, 0.2) is 29.4 Å². The summed E-state index contributed by atoms with van der Waals surface area (Å²) < 4.78 is 29.5. The van der Waals surface area contributed by atoms with Crippen molar-refractivity contribution in [3.8, 4) is 5.69 Å². The zero-order valence-corrected chi connectivity index (χ0v) is 18.8. The summed E-state index contributed by atoms with van der Waals surface area (Å²) in [5, 5.41) is 11.2. The van der Waals surface area contributed by atoms with E-state index in [9.17, 15) is 8.42 Å². The van der Waals surface area contributed by atoms with Gasteiger partial charge in [-0.05, 0) is 98.1 Å². The zero-order valence-electron chi connectivity index (χ0n) is 17.9. The van der Waals surface area contributed by atoms with Gasteiger partial charge in [0.05, 0.1) is 10.6 Å². The highest BCUT2D eigenvalue weighted by Gasteiger charge is 2.30. The van der Waals surface area contributed by atoms with Crippen LogP contribution in [0.2, 0.25) is 0 Å².